The Morgan fingerprint density at radius 1 is 1.19 bits per heavy atom. The maximum Gasteiger partial charge on any atom is 0.383 e. The highest BCUT2D eigenvalue weighted by atomic mass is 19.3. The first-order valence-electron chi connectivity index (χ1n) is 4.22. The Kier molecular flexibility index (Phi) is 4.70. The molecular formula is C8H12F4N2O2. The number of carbonyl (C=O) groups excluding carboxylic acids is 2. The summed E-state index contributed by atoms with van der Waals surface area (Å²) in [7, 11) is 3.57. The molecule has 0 aliphatic rings. The van der Waals surface area contributed by atoms with Crippen LogP contribution in [0, 0.1) is 0 Å². The molecule has 0 atom stereocenters. The van der Waals surface area contributed by atoms with Crippen LogP contribution in [0.1, 0.15) is 0 Å². The summed E-state index contributed by atoms with van der Waals surface area (Å²) in [6.45, 7) is -0.672. The maximum atomic E-state index is 12.6. The van der Waals surface area contributed by atoms with Crippen LogP contribution in [0.2, 0.25) is 0 Å². The van der Waals surface area contributed by atoms with Gasteiger partial charge in [-0.1, -0.05) is 0 Å². The van der Waals surface area contributed by atoms with E-state index in [1.54, 1.807) is 0 Å². The topological polar surface area (TPSA) is 40.6 Å². The lowest BCUT2D eigenvalue weighted by Gasteiger charge is -2.23. The Morgan fingerprint density at radius 2 is 1.62 bits per heavy atom. The average molecular weight is 244 g/mol. The van der Waals surface area contributed by atoms with E-state index in [4.69, 9.17) is 0 Å². The summed E-state index contributed by atoms with van der Waals surface area (Å²) in [6, 6.07) is 0. The highest BCUT2D eigenvalue weighted by Gasteiger charge is 2.50. The summed E-state index contributed by atoms with van der Waals surface area (Å²) < 4.78 is 48.8. The number of hydrogen-bond acceptors (Lipinski definition) is 2. The Hall–Kier alpha value is -1.34. The van der Waals surface area contributed by atoms with Gasteiger partial charge in [-0.2, -0.15) is 8.78 Å². The minimum atomic E-state index is -4.76. The fourth-order valence-electron chi connectivity index (χ4n) is 0.764. The van der Waals surface area contributed by atoms with Crippen molar-refractivity contribution >= 4 is 11.8 Å². The molecule has 0 saturated carbocycles. The monoisotopic (exact) mass is 244 g/mol. The molecule has 0 fully saturated rings. The third-order valence-electron chi connectivity index (χ3n) is 1.78. The normalized spacial score (nSPS) is 11.5. The molecule has 0 N–H and O–H groups in total. The fourth-order valence-corrected chi connectivity index (χ4v) is 0.764. The van der Waals surface area contributed by atoms with Crippen molar-refractivity contribution in [1.29, 1.82) is 0 Å². The number of halogens is 4. The van der Waals surface area contributed by atoms with Gasteiger partial charge in [0, 0.05) is 21.1 Å². The van der Waals surface area contributed by atoms with Crippen molar-refractivity contribution in [2.24, 2.45) is 0 Å². The van der Waals surface area contributed by atoms with Gasteiger partial charge in [0.1, 0.15) is 0 Å². The van der Waals surface area contributed by atoms with Gasteiger partial charge in [0.25, 0.3) is 5.91 Å². The van der Waals surface area contributed by atoms with Gasteiger partial charge in [-0.15, -0.1) is 0 Å². The van der Waals surface area contributed by atoms with Crippen LogP contribution in [-0.4, -0.2) is 61.6 Å². The summed E-state index contributed by atoms with van der Waals surface area (Å²) >= 11 is 0. The van der Waals surface area contributed by atoms with Gasteiger partial charge >= 0.3 is 12.3 Å². The standard InChI is InChI=1S/C8H12F4N2O2/c1-13(2)5(15)4-14(3)7(16)8(11,12)6(9)10/h6H,4H2,1-3H3. The molecule has 94 valence electrons. The predicted molar refractivity (Wildman–Crippen MR) is 47.3 cm³/mol. The summed E-state index contributed by atoms with van der Waals surface area (Å²) in [6.07, 6.45) is -4.09. The highest BCUT2D eigenvalue weighted by molar-refractivity contribution is 5.88. The van der Waals surface area contributed by atoms with Crippen molar-refractivity contribution in [2.45, 2.75) is 12.3 Å². The summed E-state index contributed by atoms with van der Waals surface area (Å²) in [5.74, 6) is -7.47. The molecular weight excluding hydrogens is 232 g/mol. The van der Waals surface area contributed by atoms with Gasteiger partial charge in [-0.3, -0.25) is 9.59 Å². The first kappa shape index (κ1) is 14.7. The SMILES string of the molecule is CN(C)C(=O)CN(C)C(=O)C(F)(F)C(F)F. The number of rotatable bonds is 4. The zero-order valence-electron chi connectivity index (χ0n) is 9.01. The van der Waals surface area contributed by atoms with Crippen molar-refractivity contribution in [2.75, 3.05) is 27.7 Å². The van der Waals surface area contributed by atoms with Crippen LogP contribution in [0.3, 0.4) is 0 Å². The third kappa shape index (κ3) is 3.35. The molecule has 0 aliphatic carbocycles. The zero-order chi connectivity index (χ0) is 13.1. The first-order valence-corrected chi connectivity index (χ1v) is 4.22. The molecule has 0 aromatic rings. The van der Waals surface area contributed by atoms with Crippen LogP contribution in [0.15, 0.2) is 0 Å². The molecule has 0 bridgehead atoms. The highest BCUT2D eigenvalue weighted by Crippen LogP contribution is 2.24. The molecule has 0 aliphatic heterocycles. The van der Waals surface area contributed by atoms with Crippen LogP contribution in [0.5, 0.6) is 0 Å². The van der Waals surface area contributed by atoms with E-state index < -0.39 is 30.7 Å². The molecule has 4 nitrogen and oxygen atoms in total. The van der Waals surface area contributed by atoms with E-state index in [2.05, 4.69) is 0 Å². The van der Waals surface area contributed by atoms with E-state index in [0.29, 0.717) is 0 Å². The van der Waals surface area contributed by atoms with E-state index in [0.717, 1.165) is 11.9 Å². The summed E-state index contributed by atoms with van der Waals surface area (Å²) in [4.78, 5) is 23.3. The van der Waals surface area contributed by atoms with Crippen molar-refractivity contribution in [3.05, 3.63) is 0 Å². The molecule has 0 aromatic carbocycles. The van der Waals surface area contributed by atoms with Crippen LogP contribution in [0.25, 0.3) is 0 Å². The molecule has 0 radical (unpaired) electrons. The molecule has 0 unspecified atom stereocenters. The molecule has 8 heteroatoms. The van der Waals surface area contributed by atoms with E-state index in [9.17, 15) is 27.2 Å². The number of likely N-dealkylation sites (N-methyl/N-ethyl adjacent to an activating group) is 2. The third-order valence-corrected chi connectivity index (χ3v) is 1.78. The van der Waals surface area contributed by atoms with Crippen LogP contribution in [0.4, 0.5) is 17.6 Å². The Morgan fingerprint density at radius 3 is 1.94 bits per heavy atom. The Balaban J connectivity index is 4.57. The summed E-state index contributed by atoms with van der Waals surface area (Å²) in [5.41, 5.74) is 0. The second-order valence-corrected chi connectivity index (χ2v) is 3.37. The molecule has 0 rings (SSSR count). The minimum Gasteiger partial charge on any atom is -0.347 e. The van der Waals surface area contributed by atoms with Gasteiger partial charge in [-0.25, -0.2) is 8.78 Å². The second-order valence-electron chi connectivity index (χ2n) is 3.37. The first-order chi connectivity index (χ1) is 7.10. The van der Waals surface area contributed by atoms with Gasteiger partial charge < -0.3 is 9.80 Å². The number of hydrogen-bond donors (Lipinski definition) is 0. The van der Waals surface area contributed by atoms with Crippen molar-refractivity contribution in [3.63, 3.8) is 0 Å². The van der Waals surface area contributed by atoms with E-state index in [1.807, 2.05) is 0 Å². The number of amides is 2. The van der Waals surface area contributed by atoms with Crippen LogP contribution in [-0.2, 0) is 9.59 Å². The fraction of sp³-hybridized carbons (Fsp3) is 0.750. The Labute approximate surface area is 89.8 Å². The minimum absolute atomic E-state index is 0.272. The number of carbonyl (C=O) groups is 2. The molecule has 0 heterocycles. The van der Waals surface area contributed by atoms with E-state index in [-0.39, 0.29) is 4.90 Å². The largest absolute Gasteiger partial charge is 0.383 e. The predicted octanol–water partition coefficient (Wildman–Crippen LogP) is 0.433. The van der Waals surface area contributed by atoms with Crippen molar-refractivity contribution < 1.29 is 27.2 Å². The molecule has 16 heavy (non-hydrogen) atoms. The Bertz CT molecular complexity index is 281. The second kappa shape index (κ2) is 5.13. The zero-order valence-corrected chi connectivity index (χ0v) is 9.01. The quantitative estimate of drug-likeness (QED) is 0.673. The maximum absolute atomic E-state index is 12.6. The average Bonchev–Trinajstić information content (AvgIpc) is 2.15. The molecule has 0 saturated heterocycles. The lowest BCUT2D eigenvalue weighted by Crippen LogP contribution is -2.48. The molecule has 0 aromatic heterocycles. The molecule has 2 amide bonds. The number of nitrogens with zero attached hydrogens (tertiary/aromatic N) is 2. The van der Waals surface area contributed by atoms with Gasteiger partial charge in [0.15, 0.2) is 0 Å². The molecule has 0 spiro atoms. The lowest BCUT2D eigenvalue weighted by atomic mass is 10.3. The van der Waals surface area contributed by atoms with Crippen molar-refractivity contribution in [1.82, 2.24) is 9.80 Å². The van der Waals surface area contributed by atoms with Gasteiger partial charge in [0.05, 0.1) is 6.54 Å². The smallest absolute Gasteiger partial charge is 0.347 e. The lowest BCUT2D eigenvalue weighted by molar-refractivity contribution is -0.180. The summed E-state index contributed by atoms with van der Waals surface area (Å²) in [5, 5.41) is 0. The van der Waals surface area contributed by atoms with Crippen molar-refractivity contribution in [3.8, 4) is 0 Å². The van der Waals surface area contributed by atoms with Gasteiger partial charge in [-0.05, 0) is 0 Å². The van der Waals surface area contributed by atoms with E-state index >= 15 is 0 Å². The van der Waals surface area contributed by atoms with E-state index in [1.165, 1.54) is 14.1 Å². The van der Waals surface area contributed by atoms with Gasteiger partial charge in [0.2, 0.25) is 5.91 Å². The van der Waals surface area contributed by atoms with Crippen LogP contribution < -0.4 is 0 Å². The van der Waals surface area contributed by atoms with Crippen LogP contribution >= 0.6 is 0 Å². The number of alkyl halides is 4.